The van der Waals surface area contributed by atoms with Crippen LogP contribution in [0.3, 0.4) is 0 Å². The first-order valence-electron chi connectivity index (χ1n) is 5.64. The van der Waals surface area contributed by atoms with E-state index in [1.807, 2.05) is 0 Å². The second-order valence-electron chi connectivity index (χ2n) is 4.03. The van der Waals surface area contributed by atoms with Crippen LogP contribution in [0.25, 0.3) is 0 Å². The van der Waals surface area contributed by atoms with Crippen molar-refractivity contribution in [3.05, 3.63) is 36.3 Å². The van der Waals surface area contributed by atoms with Gasteiger partial charge in [0.2, 0.25) is 0 Å². The van der Waals surface area contributed by atoms with E-state index in [1.165, 1.54) is 12.3 Å². The van der Waals surface area contributed by atoms with E-state index in [9.17, 15) is 9.59 Å². The number of rotatable bonds is 5. The average molecular weight is 234 g/mol. The molecular weight excluding hydrogens is 220 g/mol. The third-order valence-corrected chi connectivity index (χ3v) is 2.47. The van der Waals surface area contributed by atoms with Crippen molar-refractivity contribution in [1.82, 2.24) is 0 Å². The van der Waals surface area contributed by atoms with Crippen molar-refractivity contribution in [2.45, 2.75) is 19.3 Å². The Hall–Kier alpha value is -1.84. The van der Waals surface area contributed by atoms with Crippen LogP contribution in [0.15, 0.2) is 36.3 Å². The molecule has 2 aliphatic carbocycles. The van der Waals surface area contributed by atoms with Crippen molar-refractivity contribution >= 4 is 11.8 Å². The Labute approximate surface area is 99.6 Å². The Morgan fingerprint density at radius 3 is 3.00 bits per heavy atom. The minimum Gasteiger partial charge on any atom is -0.493 e. The molecule has 0 aromatic carbocycles. The molecule has 2 aliphatic rings. The Morgan fingerprint density at radius 2 is 2.29 bits per heavy atom. The molecular formula is C13H14O4. The van der Waals surface area contributed by atoms with Crippen molar-refractivity contribution in [3.63, 3.8) is 0 Å². The van der Waals surface area contributed by atoms with Crippen molar-refractivity contribution in [1.29, 1.82) is 0 Å². The molecule has 1 saturated carbocycles. The summed E-state index contributed by atoms with van der Waals surface area (Å²) >= 11 is 0. The molecule has 2 rings (SSSR count). The molecule has 0 aromatic rings. The van der Waals surface area contributed by atoms with Crippen molar-refractivity contribution in [3.8, 4) is 0 Å². The molecule has 0 radical (unpaired) electrons. The van der Waals surface area contributed by atoms with Crippen LogP contribution < -0.4 is 0 Å². The van der Waals surface area contributed by atoms with Crippen LogP contribution in [0.5, 0.6) is 0 Å². The summed E-state index contributed by atoms with van der Waals surface area (Å²) in [5.41, 5.74) is 0. The van der Waals surface area contributed by atoms with Crippen LogP contribution in [-0.4, -0.2) is 18.4 Å². The van der Waals surface area contributed by atoms with Crippen LogP contribution >= 0.6 is 0 Å². The fourth-order valence-corrected chi connectivity index (χ4v) is 1.38. The van der Waals surface area contributed by atoms with Gasteiger partial charge in [-0.1, -0.05) is 6.08 Å². The van der Waals surface area contributed by atoms with Gasteiger partial charge in [-0.15, -0.1) is 0 Å². The first-order valence-corrected chi connectivity index (χ1v) is 5.64. The van der Waals surface area contributed by atoms with E-state index >= 15 is 0 Å². The quantitative estimate of drug-likeness (QED) is 0.538. The molecule has 0 heterocycles. The first kappa shape index (κ1) is 11.6. The van der Waals surface area contributed by atoms with E-state index in [0.29, 0.717) is 18.8 Å². The lowest BCUT2D eigenvalue weighted by atomic mass is 10.1. The van der Waals surface area contributed by atoms with Gasteiger partial charge in [0.1, 0.15) is 12.4 Å². The summed E-state index contributed by atoms with van der Waals surface area (Å²) in [6.45, 7) is 0.297. The maximum Gasteiger partial charge on any atom is 0.313 e. The predicted molar refractivity (Wildman–Crippen MR) is 60.8 cm³/mol. The van der Waals surface area contributed by atoms with Crippen molar-refractivity contribution in [2.24, 2.45) is 5.92 Å². The van der Waals surface area contributed by atoms with Crippen LogP contribution in [0, 0.1) is 5.92 Å². The molecule has 17 heavy (non-hydrogen) atoms. The van der Waals surface area contributed by atoms with Gasteiger partial charge in [-0.05, 0) is 31.1 Å². The topological polar surface area (TPSA) is 52.6 Å². The molecule has 0 saturated heterocycles. The molecule has 4 nitrogen and oxygen atoms in total. The van der Waals surface area contributed by atoms with Gasteiger partial charge < -0.3 is 9.47 Å². The molecule has 0 N–H and O–H groups in total. The summed E-state index contributed by atoms with van der Waals surface area (Å²) in [5.74, 6) is 0.600. The summed E-state index contributed by atoms with van der Waals surface area (Å²) in [6, 6.07) is 0. The summed E-state index contributed by atoms with van der Waals surface area (Å²) in [4.78, 5) is 22.2. The molecule has 4 heteroatoms. The number of esters is 1. The van der Waals surface area contributed by atoms with Crippen molar-refractivity contribution < 1.29 is 19.1 Å². The van der Waals surface area contributed by atoms with Gasteiger partial charge in [-0.3, -0.25) is 9.59 Å². The number of carbonyl (C=O) groups excluding carboxylic acids is 2. The average Bonchev–Trinajstić information content (AvgIpc) is 3.12. The molecule has 0 unspecified atom stereocenters. The Morgan fingerprint density at radius 1 is 1.47 bits per heavy atom. The zero-order chi connectivity index (χ0) is 12.1. The van der Waals surface area contributed by atoms with Crippen LogP contribution in [0.4, 0.5) is 0 Å². The fourth-order valence-electron chi connectivity index (χ4n) is 1.38. The van der Waals surface area contributed by atoms with Gasteiger partial charge in [0.25, 0.3) is 0 Å². The largest absolute Gasteiger partial charge is 0.493 e. The second kappa shape index (κ2) is 5.48. The van der Waals surface area contributed by atoms with E-state index in [-0.39, 0.29) is 17.7 Å². The number of carbonyl (C=O) groups is 2. The van der Waals surface area contributed by atoms with Gasteiger partial charge in [-0.25, -0.2) is 0 Å². The Kier molecular flexibility index (Phi) is 3.75. The highest BCUT2D eigenvalue weighted by Crippen LogP contribution is 2.30. The van der Waals surface area contributed by atoms with Gasteiger partial charge in [0.05, 0.1) is 18.6 Å². The molecule has 0 bridgehead atoms. The lowest BCUT2D eigenvalue weighted by molar-refractivity contribution is -0.139. The molecule has 0 atom stereocenters. The summed E-state index contributed by atoms with van der Waals surface area (Å²) in [7, 11) is 0. The first-order chi connectivity index (χ1) is 8.25. The summed E-state index contributed by atoms with van der Waals surface area (Å²) in [6.07, 6.45) is 10.1. The van der Waals surface area contributed by atoms with E-state index in [0.717, 1.165) is 12.8 Å². The Bertz CT molecular complexity index is 400. The lowest BCUT2D eigenvalue weighted by Gasteiger charge is -2.08. The standard InChI is InChI=1S/C13H14O4/c14-11-3-1-4-12(9-11)16-7-2-8-17-13(15)10-5-6-10/h1-4,8,10H,5-7,9H2. The Balaban J connectivity index is 1.63. The second-order valence-corrected chi connectivity index (χ2v) is 4.03. The molecule has 0 amide bonds. The minimum atomic E-state index is -0.170. The number of ether oxygens (including phenoxy) is 2. The molecule has 90 valence electrons. The predicted octanol–water partition coefficient (Wildman–Crippen LogP) is 1.88. The third kappa shape index (κ3) is 3.90. The molecule has 0 aromatic heterocycles. The van der Waals surface area contributed by atoms with E-state index < -0.39 is 0 Å². The monoisotopic (exact) mass is 234 g/mol. The number of hydrogen-bond donors (Lipinski definition) is 0. The SMILES string of the molecule is O=C1C=CC=C(OCC=COC(=O)C2CC2)C1. The normalized spacial score (nSPS) is 19.3. The van der Waals surface area contributed by atoms with Crippen LogP contribution in [-0.2, 0) is 19.1 Å². The number of hydrogen-bond acceptors (Lipinski definition) is 4. The third-order valence-electron chi connectivity index (χ3n) is 2.47. The molecule has 0 spiro atoms. The number of allylic oxidation sites excluding steroid dienone is 4. The summed E-state index contributed by atoms with van der Waals surface area (Å²) in [5, 5.41) is 0. The van der Waals surface area contributed by atoms with Gasteiger partial charge in [0, 0.05) is 0 Å². The lowest BCUT2D eigenvalue weighted by Crippen LogP contribution is -2.04. The van der Waals surface area contributed by atoms with Crippen molar-refractivity contribution in [2.75, 3.05) is 6.61 Å². The number of ketones is 1. The van der Waals surface area contributed by atoms with Crippen LogP contribution in [0.2, 0.25) is 0 Å². The fraction of sp³-hybridized carbons (Fsp3) is 0.385. The highest BCUT2D eigenvalue weighted by atomic mass is 16.5. The summed E-state index contributed by atoms with van der Waals surface area (Å²) < 4.78 is 10.2. The van der Waals surface area contributed by atoms with E-state index in [2.05, 4.69) is 0 Å². The van der Waals surface area contributed by atoms with Gasteiger partial charge >= 0.3 is 5.97 Å². The highest BCUT2D eigenvalue weighted by Gasteiger charge is 2.30. The van der Waals surface area contributed by atoms with E-state index in [1.54, 1.807) is 18.2 Å². The molecule has 1 fully saturated rings. The highest BCUT2D eigenvalue weighted by molar-refractivity contribution is 5.92. The smallest absolute Gasteiger partial charge is 0.313 e. The molecule has 0 aliphatic heterocycles. The zero-order valence-corrected chi connectivity index (χ0v) is 9.43. The minimum absolute atomic E-state index is 0.0339. The zero-order valence-electron chi connectivity index (χ0n) is 9.43. The maximum absolute atomic E-state index is 11.1. The van der Waals surface area contributed by atoms with Crippen LogP contribution in [0.1, 0.15) is 19.3 Å². The van der Waals surface area contributed by atoms with Gasteiger partial charge in [-0.2, -0.15) is 0 Å². The van der Waals surface area contributed by atoms with E-state index in [4.69, 9.17) is 9.47 Å². The maximum atomic E-state index is 11.1. The van der Waals surface area contributed by atoms with Gasteiger partial charge in [0.15, 0.2) is 5.78 Å².